The second-order valence-electron chi connectivity index (χ2n) is 7.85. The van der Waals surface area contributed by atoms with E-state index < -0.39 is 37.5 Å². The number of nitrogens with zero attached hydrogens (tertiary/aromatic N) is 4. The van der Waals surface area contributed by atoms with Crippen LogP contribution in [-0.2, 0) is 13.8 Å². The zero-order valence-electron chi connectivity index (χ0n) is 18.7. The molecule has 2 aromatic heterocycles. The molecule has 0 aliphatic rings. The molecule has 13 heteroatoms. The van der Waals surface area contributed by atoms with Crippen molar-refractivity contribution in [2.24, 2.45) is 0 Å². The highest BCUT2D eigenvalue weighted by Gasteiger charge is 2.48. The highest BCUT2D eigenvalue weighted by atomic mass is 35.5. The van der Waals surface area contributed by atoms with Gasteiger partial charge in [0.1, 0.15) is 17.9 Å². The standard InChI is InChI=1S/C19H32ClN4O7P/c1-5-18(4,31-32(28,29)19(27,6-2)7-3)8-9-30-17(13(26)10-25)24-12-23-14-15(20)21-11-22-16(14)24/h11-13,17,25-27H,5-10H2,1-4H3,(H,28,29)/t13-,17-,18?/m1/s1. The van der Waals surface area contributed by atoms with Crippen LogP contribution >= 0.6 is 19.2 Å². The maximum atomic E-state index is 12.8. The lowest BCUT2D eigenvalue weighted by Gasteiger charge is -2.37. The van der Waals surface area contributed by atoms with Gasteiger partial charge in [-0.3, -0.25) is 9.13 Å². The molecular weight excluding hydrogens is 463 g/mol. The summed E-state index contributed by atoms with van der Waals surface area (Å²) in [6, 6.07) is 0. The maximum absolute atomic E-state index is 12.8. The Kier molecular flexibility index (Phi) is 9.17. The number of ether oxygens (including phenoxy) is 1. The monoisotopic (exact) mass is 494 g/mol. The predicted molar refractivity (Wildman–Crippen MR) is 118 cm³/mol. The molecule has 0 amide bonds. The summed E-state index contributed by atoms with van der Waals surface area (Å²) in [5, 5.41) is 28.6. The fourth-order valence-electron chi connectivity index (χ4n) is 3.19. The van der Waals surface area contributed by atoms with Gasteiger partial charge in [-0.15, -0.1) is 0 Å². The first-order chi connectivity index (χ1) is 15.0. The number of hydrogen-bond acceptors (Lipinski definition) is 9. The molecule has 2 aromatic rings. The van der Waals surface area contributed by atoms with Gasteiger partial charge in [0.2, 0.25) is 0 Å². The minimum Gasteiger partial charge on any atom is -0.394 e. The van der Waals surface area contributed by atoms with E-state index in [9.17, 15) is 24.8 Å². The Bertz CT molecular complexity index is 942. The van der Waals surface area contributed by atoms with Crippen LogP contribution in [0.2, 0.25) is 5.15 Å². The molecule has 182 valence electrons. The van der Waals surface area contributed by atoms with Crippen molar-refractivity contribution in [3.05, 3.63) is 17.8 Å². The van der Waals surface area contributed by atoms with E-state index >= 15 is 0 Å². The van der Waals surface area contributed by atoms with Gasteiger partial charge in [-0.25, -0.2) is 15.0 Å². The quantitative estimate of drug-likeness (QED) is 0.240. The van der Waals surface area contributed by atoms with Crippen molar-refractivity contribution in [2.75, 3.05) is 13.2 Å². The van der Waals surface area contributed by atoms with Crippen LogP contribution in [0.4, 0.5) is 0 Å². The van der Waals surface area contributed by atoms with Crippen molar-refractivity contribution in [2.45, 2.75) is 76.7 Å². The largest absolute Gasteiger partial charge is 0.394 e. The molecule has 32 heavy (non-hydrogen) atoms. The van der Waals surface area contributed by atoms with Crippen LogP contribution in [-0.4, -0.2) is 70.0 Å². The Hall–Kier alpha value is -1.17. The number of rotatable bonds is 13. The van der Waals surface area contributed by atoms with Gasteiger partial charge in [0.05, 0.1) is 25.1 Å². The molecule has 0 aliphatic heterocycles. The number of aliphatic hydroxyl groups is 3. The van der Waals surface area contributed by atoms with E-state index in [1.165, 1.54) is 17.2 Å². The molecule has 0 saturated carbocycles. The van der Waals surface area contributed by atoms with E-state index in [1.54, 1.807) is 27.7 Å². The van der Waals surface area contributed by atoms with Crippen LogP contribution in [0.5, 0.6) is 0 Å². The summed E-state index contributed by atoms with van der Waals surface area (Å²) < 4.78 is 25.7. The van der Waals surface area contributed by atoms with Crippen LogP contribution in [0.1, 0.15) is 59.6 Å². The normalized spacial score (nSPS) is 18.3. The average Bonchev–Trinajstić information content (AvgIpc) is 3.20. The van der Waals surface area contributed by atoms with Gasteiger partial charge < -0.3 is 29.5 Å². The summed E-state index contributed by atoms with van der Waals surface area (Å²) in [4.78, 5) is 22.6. The third-order valence-electron chi connectivity index (χ3n) is 5.77. The fourth-order valence-corrected chi connectivity index (χ4v) is 5.16. The average molecular weight is 495 g/mol. The van der Waals surface area contributed by atoms with E-state index in [0.717, 1.165) is 0 Å². The van der Waals surface area contributed by atoms with Crippen molar-refractivity contribution in [1.82, 2.24) is 19.5 Å². The lowest BCUT2D eigenvalue weighted by Crippen LogP contribution is -2.36. The Morgan fingerprint density at radius 2 is 1.88 bits per heavy atom. The molecule has 0 bridgehead atoms. The molecule has 4 atom stereocenters. The Balaban J connectivity index is 2.19. The molecule has 0 radical (unpaired) electrons. The third kappa shape index (κ3) is 5.66. The fraction of sp³-hybridized carbons (Fsp3) is 0.737. The maximum Gasteiger partial charge on any atom is 0.359 e. The van der Waals surface area contributed by atoms with E-state index in [4.69, 9.17) is 20.9 Å². The minimum atomic E-state index is -4.36. The number of imidazole rings is 1. The Morgan fingerprint density at radius 1 is 1.22 bits per heavy atom. The second-order valence-corrected chi connectivity index (χ2v) is 10.3. The summed E-state index contributed by atoms with van der Waals surface area (Å²) in [5.41, 5.74) is -0.457. The molecule has 2 unspecified atom stereocenters. The third-order valence-corrected chi connectivity index (χ3v) is 8.42. The van der Waals surface area contributed by atoms with Gasteiger partial charge in [0.25, 0.3) is 0 Å². The van der Waals surface area contributed by atoms with Crippen LogP contribution in [0, 0.1) is 0 Å². The second kappa shape index (κ2) is 10.8. The minimum absolute atomic E-state index is 0.00122. The zero-order valence-corrected chi connectivity index (χ0v) is 20.3. The lowest BCUT2D eigenvalue weighted by atomic mass is 10.0. The molecule has 4 N–H and O–H groups in total. The predicted octanol–water partition coefficient (Wildman–Crippen LogP) is 2.62. The highest BCUT2D eigenvalue weighted by Crippen LogP contribution is 2.60. The molecule has 2 rings (SSSR count). The highest BCUT2D eigenvalue weighted by molar-refractivity contribution is 7.54. The summed E-state index contributed by atoms with van der Waals surface area (Å²) in [6.07, 6.45) is 0.935. The summed E-state index contributed by atoms with van der Waals surface area (Å²) >= 11 is 6.03. The zero-order chi connectivity index (χ0) is 24.2. The van der Waals surface area contributed by atoms with Crippen molar-refractivity contribution in [1.29, 1.82) is 0 Å². The Labute approximate surface area is 191 Å². The Morgan fingerprint density at radius 3 is 2.44 bits per heavy atom. The number of halogens is 1. The van der Waals surface area contributed by atoms with E-state index in [-0.39, 0.29) is 31.0 Å². The molecular formula is C19H32ClN4O7P. The first kappa shape index (κ1) is 27.1. The number of hydrogen-bond donors (Lipinski definition) is 4. The molecule has 0 aromatic carbocycles. The molecule has 11 nitrogen and oxygen atoms in total. The van der Waals surface area contributed by atoms with E-state index in [1.807, 2.05) is 0 Å². The van der Waals surface area contributed by atoms with Crippen molar-refractivity contribution in [3.63, 3.8) is 0 Å². The molecule has 0 spiro atoms. The summed E-state index contributed by atoms with van der Waals surface area (Å²) in [7, 11) is -4.36. The van der Waals surface area contributed by atoms with E-state index in [0.29, 0.717) is 17.6 Å². The SMILES string of the molecule is CCC(C)(CCO[C@H]([C@H](O)CO)n1cnc2c(Cl)ncnc21)OP(=O)(O)C(O)(CC)CC. The van der Waals surface area contributed by atoms with Crippen molar-refractivity contribution < 1.29 is 34.0 Å². The summed E-state index contributed by atoms with van der Waals surface area (Å²) in [5.74, 6) is 0. The van der Waals surface area contributed by atoms with Gasteiger partial charge in [-0.2, -0.15) is 0 Å². The van der Waals surface area contributed by atoms with Gasteiger partial charge in [-0.1, -0.05) is 32.4 Å². The van der Waals surface area contributed by atoms with E-state index in [2.05, 4.69) is 15.0 Å². The van der Waals surface area contributed by atoms with Crippen LogP contribution in [0.25, 0.3) is 11.2 Å². The van der Waals surface area contributed by atoms with Crippen LogP contribution < -0.4 is 0 Å². The molecule has 0 fully saturated rings. The van der Waals surface area contributed by atoms with Gasteiger partial charge >= 0.3 is 7.60 Å². The first-order valence-corrected chi connectivity index (χ1v) is 12.4. The number of fused-ring (bicyclic) bond motifs is 1. The van der Waals surface area contributed by atoms with Crippen LogP contribution in [0.3, 0.4) is 0 Å². The first-order valence-electron chi connectivity index (χ1n) is 10.5. The number of aromatic nitrogens is 4. The van der Waals surface area contributed by atoms with Gasteiger partial charge in [0, 0.05) is 6.42 Å². The summed E-state index contributed by atoms with van der Waals surface area (Å²) in [6.45, 7) is 6.10. The molecule has 0 aliphatic carbocycles. The lowest BCUT2D eigenvalue weighted by molar-refractivity contribution is -0.107. The van der Waals surface area contributed by atoms with Crippen molar-refractivity contribution >= 4 is 30.4 Å². The van der Waals surface area contributed by atoms with Crippen molar-refractivity contribution in [3.8, 4) is 0 Å². The smallest absolute Gasteiger partial charge is 0.359 e. The van der Waals surface area contributed by atoms with Gasteiger partial charge in [0.15, 0.2) is 22.4 Å². The molecule has 2 heterocycles. The molecule has 0 saturated heterocycles. The number of aliphatic hydroxyl groups excluding tert-OH is 2. The van der Waals surface area contributed by atoms with Crippen LogP contribution in [0.15, 0.2) is 12.7 Å². The van der Waals surface area contributed by atoms with Gasteiger partial charge in [-0.05, 0) is 26.2 Å². The topological polar surface area (TPSA) is 160 Å².